The van der Waals surface area contributed by atoms with Crippen LogP contribution in [0.25, 0.3) is 16.6 Å². The first-order valence-corrected chi connectivity index (χ1v) is 8.87. The van der Waals surface area contributed by atoms with Crippen LogP contribution in [0.4, 0.5) is 5.69 Å². The van der Waals surface area contributed by atoms with Crippen molar-refractivity contribution in [2.75, 3.05) is 4.90 Å². The molecule has 1 aliphatic carbocycles. The summed E-state index contributed by atoms with van der Waals surface area (Å²) in [6, 6.07) is 13.8. The van der Waals surface area contributed by atoms with Crippen molar-refractivity contribution in [2.45, 2.75) is 32.2 Å². The maximum atomic E-state index is 4.41. The van der Waals surface area contributed by atoms with Crippen LogP contribution in [-0.4, -0.2) is 4.57 Å². The number of aromatic nitrogens is 1. The van der Waals surface area contributed by atoms with Gasteiger partial charge in [-0.2, -0.15) is 0 Å². The van der Waals surface area contributed by atoms with Crippen LogP contribution >= 0.6 is 0 Å². The molecule has 5 rings (SSSR count). The van der Waals surface area contributed by atoms with E-state index < -0.39 is 0 Å². The second-order valence-electron chi connectivity index (χ2n) is 7.19. The molecule has 1 aliphatic heterocycles. The molecule has 2 aromatic carbocycles. The summed E-state index contributed by atoms with van der Waals surface area (Å²) in [5, 5.41) is 1.29. The standard InChI is InChI=1S/C22H22N2/c1-15-21-13-17-6-4-3-5-16(17)11-19(21)14-24(15)20-7-8-22-18(12-20)9-10-23(22)2/h7-13H,1,3-6,14H2,2H3. The molecule has 0 bridgehead atoms. The third kappa shape index (κ3) is 1.96. The highest BCUT2D eigenvalue weighted by Gasteiger charge is 2.26. The zero-order valence-electron chi connectivity index (χ0n) is 14.2. The van der Waals surface area contributed by atoms with E-state index in [1.165, 1.54) is 53.4 Å². The number of hydrogen-bond acceptors (Lipinski definition) is 1. The van der Waals surface area contributed by atoms with Crippen LogP contribution in [0.3, 0.4) is 0 Å². The summed E-state index contributed by atoms with van der Waals surface area (Å²) in [7, 11) is 2.09. The molecule has 2 aliphatic rings. The zero-order valence-corrected chi connectivity index (χ0v) is 14.2. The second kappa shape index (κ2) is 5.01. The molecule has 0 N–H and O–H groups in total. The fourth-order valence-electron chi connectivity index (χ4n) is 4.33. The van der Waals surface area contributed by atoms with Crippen LogP contribution in [0.1, 0.15) is 35.1 Å². The Morgan fingerprint density at radius 2 is 1.71 bits per heavy atom. The highest BCUT2D eigenvalue weighted by molar-refractivity contribution is 5.90. The Morgan fingerprint density at radius 1 is 0.917 bits per heavy atom. The predicted molar refractivity (Wildman–Crippen MR) is 101 cm³/mol. The first-order chi connectivity index (χ1) is 11.7. The number of nitrogens with zero attached hydrogens (tertiary/aromatic N) is 2. The molecule has 0 unspecified atom stereocenters. The summed E-state index contributed by atoms with van der Waals surface area (Å²) in [6.07, 6.45) is 7.25. The number of benzene rings is 2. The van der Waals surface area contributed by atoms with Crippen molar-refractivity contribution in [1.29, 1.82) is 0 Å². The predicted octanol–water partition coefficient (Wildman–Crippen LogP) is 5.05. The second-order valence-corrected chi connectivity index (χ2v) is 7.19. The van der Waals surface area contributed by atoms with Gasteiger partial charge in [0.05, 0.1) is 0 Å². The van der Waals surface area contributed by atoms with Gasteiger partial charge in [-0.15, -0.1) is 0 Å². The molecule has 0 amide bonds. The van der Waals surface area contributed by atoms with E-state index in [0.29, 0.717) is 0 Å². The molecular weight excluding hydrogens is 292 g/mol. The minimum Gasteiger partial charge on any atom is -0.351 e. The first kappa shape index (κ1) is 13.9. The van der Waals surface area contributed by atoms with Gasteiger partial charge in [0.1, 0.15) is 0 Å². The minimum absolute atomic E-state index is 0.944. The highest BCUT2D eigenvalue weighted by atomic mass is 15.2. The molecule has 120 valence electrons. The largest absolute Gasteiger partial charge is 0.351 e. The van der Waals surface area contributed by atoms with Gasteiger partial charge < -0.3 is 9.47 Å². The number of anilines is 1. The molecular formula is C22H22N2. The molecule has 0 fully saturated rings. The van der Waals surface area contributed by atoms with E-state index >= 15 is 0 Å². The van der Waals surface area contributed by atoms with Crippen molar-refractivity contribution in [2.24, 2.45) is 7.05 Å². The van der Waals surface area contributed by atoms with Gasteiger partial charge in [-0.25, -0.2) is 0 Å². The van der Waals surface area contributed by atoms with E-state index in [2.05, 4.69) is 65.7 Å². The van der Waals surface area contributed by atoms with Crippen molar-refractivity contribution >= 4 is 22.3 Å². The van der Waals surface area contributed by atoms with E-state index in [9.17, 15) is 0 Å². The van der Waals surface area contributed by atoms with Gasteiger partial charge in [0, 0.05) is 47.6 Å². The monoisotopic (exact) mass is 314 g/mol. The Bertz CT molecular complexity index is 977. The third-order valence-electron chi connectivity index (χ3n) is 5.71. The Balaban J connectivity index is 1.56. The van der Waals surface area contributed by atoms with Crippen LogP contribution in [0, 0.1) is 0 Å². The molecule has 24 heavy (non-hydrogen) atoms. The van der Waals surface area contributed by atoms with Gasteiger partial charge in [-0.05, 0) is 72.7 Å². The molecule has 2 heterocycles. The summed E-state index contributed by atoms with van der Waals surface area (Å²) >= 11 is 0. The molecule has 0 radical (unpaired) electrons. The smallest absolute Gasteiger partial charge is 0.0488 e. The summed E-state index contributed by atoms with van der Waals surface area (Å²) in [4.78, 5) is 2.36. The van der Waals surface area contributed by atoms with Gasteiger partial charge in [0.25, 0.3) is 0 Å². The lowest BCUT2D eigenvalue weighted by Gasteiger charge is -2.20. The number of hydrogen-bond donors (Lipinski definition) is 0. The van der Waals surface area contributed by atoms with Crippen molar-refractivity contribution in [1.82, 2.24) is 4.57 Å². The molecule has 3 aromatic rings. The molecule has 0 spiro atoms. The molecule has 2 heteroatoms. The van der Waals surface area contributed by atoms with Gasteiger partial charge in [0.2, 0.25) is 0 Å². The SMILES string of the molecule is C=C1c2cc3c(cc2CN1c1ccc2c(ccn2C)c1)CCCC3. The average Bonchev–Trinajstić information content (AvgIpc) is 3.13. The maximum absolute atomic E-state index is 4.41. The van der Waals surface area contributed by atoms with Crippen LogP contribution in [0.2, 0.25) is 0 Å². The van der Waals surface area contributed by atoms with Gasteiger partial charge >= 0.3 is 0 Å². The minimum atomic E-state index is 0.944. The third-order valence-corrected chi connectivity index (χ3v) is 5.71. The van der Waals surface area contributed by atoms with Crippen LogP contribution in [-0.2, 0) is 26.4 Å². The summed E-state index contributed by atoms with van der Waals surface area (Å²) in [5.41, 5.74) is 9.56. The topological polar surface area (TPSA) is 8.17 Å². The lowest BCUT2D eigenvalue weighted by Crippen LogP contribution is -2.12. The molecule has 2 nitrogen and oxygen atoms in total. The number of rotatable bonds is 1. The fraction of sp³-hybridized carbons (Fsp3) is 0.273. The fourth-order valence-corrected chi connectivity index (χ4v) is 4.33. The summed E-state index contributed by atoms with van der Waals surface area (Å²) in [5.74, 6) is 0. The Morgan fingerprint density at radius 3 is 2.54 bits per heavy atom. The van der Waals surface area contributed by atoms with Gasteiger partial charge in [0.15, 0.2) is 0 Å². The van der Waals surface area contributed by atoms with Gasteiger partial charge in [-0.3, -0.25) is 0 Å². The van der Waals surface area contributed by atoms with Crippen LogP contribution in [0.15, 0.2) is 49.2 Å². The van der Waals surface area contributed by atoms with E-state index in [-0.39, 0.29) is 0 Å². The molecule has 0 saturated heterocycles. The summed E-state index contributed by atoms with van der Waals surface area (Å²) in [6.45, 7) is 5.35. The lowest BCUT2D eigenvalue weighted by atomic mass is 9.88. The maximum Gasteiger partial charge on any atom is 0.0488 e. The average molecular weight is 314 g/mol. The normalized spacial score (nSPS) is 16.5. The number of fused-ring (bicyclic) bond motifs is 3. The number of aryl methyl sites for hydroxylation is 3. The van der Waals surface area contributed by atoms with Crippen molar-refractivity contribution < 1.29 is 0 Å². The molecule has 1 aromatic heterocycles. The highest BCUT2D eigenvalue weighted by Crippen LogP contribution is 2.39. The Hall–Kier alpha value is -2.48. The zero-order chi connectivity index (χ0) is 16.3. The van der Waals surface area contributed by atoms with Crippen molar-refractivity contribution in [3.05, 3.63) is 71.4 Å². The first-order valence-electron chi connectivity index (χ1n) is 8.87. The Labute approximate surface area is 143 Å². The van der Waals surface area contributed by atoms with E-state index in [1.54, 1.807) is 11.1 Å². The quantitative estimate of drug-likeness (QED) is 0.610. The van der Waals surface area contributed by atoms with Crippen LogP contribution < -0.4 is 4.90 Å². The van der Waals surface area contributed by atoms with Crippen molar-refractivity contribution in [3.63, 3.8) is 0 Å². The van der Waals surface area contributed by atoms with E-state index in [1.807, 2.05) is 0 Å². The lowest BCUT2D eigenvalue weighted by molar-refractivity contribution is 0.684. The van der Waals surface area contributed by atoms with Gasteiger partial charge in [-0.1, -0.05) is 12.6 Å². The van der Waals surface area contributed by atoms with Crippen LogP contribution in [0.5, 0.6) is 0 Å². The van der Waals surface area contributed by atoms with Crippen molar-refractivity contribution in [3.8, 4) is 0 Å². The van der Waals surface area contributed by atoms with E-state index in [4.69, 9.17) is 0 Å². The summed E-state index contributed by atoms with van der Waals surface area (Å²) < 4.78 is 2.17. The molecule has 0 atom stereocenters. The Kier molecular flexibility index (Phi) is 2.90. The van der Waals surface area contributed by atoms with E-state index in [0.717, 1.165) is 12.2 Å². The molecule has 0 saturated carbocycles.